The minimum absolute atomic E-state index is 0.506. The van der Waals surface area contributed by atoms with Crippen LogP contribution in [-0.2, 0) is 4.74 Å². The maximum atomic E-state index is 5.52. The van der Waals surface area contributed by atoms with E-state index in [9.17, 15) is 0 Å². The smallest absolute Gasteiger partial charge is 0.0471 e. The third-order valence-corrected chi connectivity index (χ3v) is 4.14. The lowest BCUT2D eigenvalue weighted by Gasteiger charge is -2.42. The van der Waals surface area contributed by atoms with Gasteiger partial charge >= 0.3 is 0 Å². The molecular formula is C14H28O. The average Bonchev–Trinajstić information content (AvgIpc) is 2.18. The summed E-state index contributed by atoms with van der Waals surface area (Å²) in [5.74, 6) is 0. The van der Waals surface area contributed by atoms with Gasteiger partial charge in [0.25, 0.3) is 0 Å². The van der Waals surface area contributed by atoms with Crippen LogP contribution in [0.15, 0.2) is 0 Å². The van der Waals surface area contributed by atoms with E-state index in [1.165, 1.54) is 38.5 Å². The monoisotopic (exact) mass is 212 g/mol. The minimum Gasteiger partial charge on any atom is -0.381 e. The van der Waals surface area contributed by atoms with Crippen LogP contribution in [0.25, 0.3) is 0 Å². The Morgan fingerprint density at radius 2 is 1.73 bits per heavy atom. The molecule has 1 saturated heterocycles. The first-order valence-corrected chi connectivity index (χ1v) is 6.61. The third-order valence-electron chi connectivity index (χ3n) is 4.14. The Hall–Kier alpha value is -0.0400. The fraction of sp³-hybridized carbons (Fsp3) is 1.00. The van der Waals surface area contributed by atoms with Crippen LogP contribution < -0.4 is 0 Å². The molecule has 1 aliphatic rings. The van der Waals surface area contributed by atoms with E-state index in [-0.39, 0.29) is 0 Å². The maximum absolute atomic E-state index is 5.52. The van der Waals surface area contributed by atoms with Crippen LogP contribution in [0.3, 0.4) is 0 Å². The molecule has 1 heterocycles. The largest absolute Gasteiger partial charge is 0.381 e. The highest BCUT2D eigenvalue weighted by Gasteiger charge is 2.36. The second-order valence-corrected chi connectivity index (χ2v) is 6.06. The average molecular weight is 212 g/mol. The highest BCUT2D eigenvalue weighted by atomic mass is 16.5. The van der Waals surface area contributed by atoms with Gasteiger partial charge in [0.05, 0.1) is 0 Å². The van der Waals surface area contributed by atoms with Gasteiger partial charge < -0.3 is 4.74 Å². The van der Waals surface area contributed by atoms with E-state index < -0.39 is 0 Å². The lowest BCUT2D eigenvalue weighted by molar-refractivity contribution is -0.0143. The van der Waals surface area contributed by atoms with Crippen LogP contribution in [0.4, 0.5) is 0 Å². The molecule has 0 radical (unpaired) electrons. The van der Waals surface area contributed by atoms with Crippen LogP contribution in [-0.4, -0.2) is 13.2 Å². The van der Waals surface area contributed by atoms with Gasteiger partial charge in [-0.3, -0.25) is 0 Å². The molecule has 90 valence electrons. The maximum Gasteiger partial charge on any atom is 0.0471 e. The zero-order valence-corrected chi connectivity index (χ0v) is 11.1. The molecule has 1 rings (SSSR count). The molecule has 1 fully saturated rings. The van der Waals surface area contributed by atoms with E-state index in [1.807, 2.05) is 0 Å². The SMILES string of the molecule is CCCC1(CC(C)(C)CC)CCOCC1. The molecule has 1 heteroatoms. The van der Waals surface area contributed by atoms with Crippen LogP contribution in [0.5, 0.6) is 0 Å². The minimum atomic E-state index is 0.506. The summed E-state index contributed by atoms with van der Waals surface area (Å²) in [6.07, 6.45) is 7.95. The quantitative estimate of drug-likeness (QED) is 0.656. The van der Waals surface area contributed by atoms with E-state index in [4.69, 9.17) is 4.74 Å². The molecule has 0 bridgehead atoms. The van der Waals surface area contributed by atoms with Crippen molar-refractivity contribution in [3.05, 3.63) is 0 Å². The van der Waals surface area contributed by atoms with Gasteiger partial charge in [0.15, 0.2) is 0 Å². The molecule has 0 N–H and O–H groups in total. The molecular weight excluding hydrogens is 184 g/mol. The van der Waals surface area contributed by atoms with Gasteiger partial charge in [-0.25, -0.2) is 0 Å². The van der Waals surface area contributed by atoms with Crippen molar-refractivity contribution >= 4 is 0 Å². The summed E-state index contributed by atoms with van der Waals surface area (Å²) >= 11 is 0. The molecule has 0 amide bonds. The second-order valence-electron chi connectivity index (χ2n) is 6.06. The first-order chi connectivity index (χ1) is 7.04. The van der Waals surface area contributed by atoms with Crippen molar-refractivity contribution in [2.45, 2.75) is 66.2 Å². The van der Waals surface area contributed by atoms with E-state index in [0.29, 0.717) is 10.8 Å². The van der Waals surface area contributed by atoms with Crippen molar-refractivity contribution in [2.24, 2.45) is 10.8 Å². The summed E-state index contributed by atoms with van der Waals surface area (Å²) < 4.78 is 5.52. The third kappa shape index (κ3) is 3.79. The Morgan fingerprint density at radius 3 is 2.20 bits per heavy atom. The van der Waals surface area contributed by atoms with Gasteiger partial charge in [-0.1, -0.05) is 40.5 Å². The van der Waals surface area contributed by atoms with E-state index >= 15 is 0 Å². The molecule has 0 aromatic heterocycles. The predicted octanol–water partition coefficient (Wildman–Crippen LogP) is 4.41. The molecule has 0 spiro atoms. The zero-order chi connectivity index (χ0) is 11.4. The van der Waals surface area contributed by atoms with E-state index in [0.717, 1.165) is 13.2 Å². The summed E-state index contributed by atoms with van der Waals surface area (Å²) in [5.41, 5.74) is 1.10. The van der Waals surface area contributed by atoms with Gasteiger partial charge in [0, 0.05) is 13.2 Å². The lowest BCUT2D eigenvalue weighted by Crippen LogP contribution is -2.34. The molecule has 1 aliphatic heterocycles. The van der Waals surface area contributed by atoms with Crippen LogP contribution in [0, 0.1) is 10.8 Å². The fourth-order valence-corrected chi connectivity index (χ4v) is 2.99. The Morgan fingerprint density at radius 1 is 1.13 bits per heavy atom. The zero-order valence-electron chi connectivity index (χ0n) is 11.1. The molecule has 0 atom stereocenters. The van der Waals surface area contributed by atoms with Gasteiger partial charge in [-0.2, -0.15) is 0 Å². The summed E-state index contributed by atoms with van der Waals surface area (Å²) in [5, 5.41) is 0. The summed E-state index contributed by atoms with van der Waals surface area (Å²) in [6, 6.07) is 0. The molecule has 0 aromatic rings. The Labute approximate surface area is 95.6 Å². The predicted molar refractivity (Wildman–Crippen MR) is 66.1 cm³/mol. The van der Waals surface area contributed by atoms with Crippen molar-refractivity contribution in [1.29, 1.82) is 0 Å². The Bertz CT molecular complexity index is 172. The molecule has 1 nitrogen and oxygen atoms in total. The normalized spacial score (nSPS) is 21.6. The molecule has 0 aromatic carbocycles. The number of hydrogen-bond donors (Lipinski definition) is 0. The number of hydrogen-bond acceptors (Lipinski definition) is 1. The first kappa shape index (κ1) is 13.0. The lowest BCUT2D eigenvalue weighted by atomic mass is 9.66. The standard InChI is InChI=1S/C14H28O/c1-5-7-14(8-10-15-11-9-14)12-13(3,4)6-2/h5-12H2,1-4H3. The molecule has 0 saturated carbocycles. The van der Waals surface area contributed by atoms with Crippen molar-refractivity contribution in [1.82, 2.24) is 0 Å². The van der Waals surface area contributed by atoms with Crippen molar-refractivity contribution in [2.75, 3.05) is 13.2 Å². The van der Waals surface area contributed by atoms with Gasteiger partial charge in [0.2, 0.25) is 0 Å². The van der Waals surface area contributed by atoms with Crippen LogP contribution in [0.1, 0.15) is 66.2 Å². The second kappa shape index (κ2) is 5.34. The molecule has 0 aliphatic carbocycles. The van der Waals surface area contributed by atoms with Crippen molar-refractivity contribution in [3.8, 4) is 0 Å². The van der Waals surface area contributed by atoms with Crippen molar-refractivity contribution < 1.29 is 4.74 Å². The van der Waals surface area contributed by atoms with Crippen molar-refractivity contribution in [3.63, 3.8) is 0 Å². The van der Waals surface area contributed by atoms with E-state index in [2.05, 4.69) is 27.7 Å². The topological polar surface area (TPSA) is 9.23 Å². The van der Waals surface area contributed by atoms with Crippen LogP contribution in [0.2, 0.25) is 0 Å². The summed E-state index contributed by atoms with van der Waals surface area (Å²) in [4.78, 5) is 0. The first-order valence-electron chi connectivity index (χ1n) is 6.61. The fourth-order valence-electron chi connectivity index (χ4n) is 2.99. The van der Waals surface area contributed by atoms with E-state index in [1.54, 1.807) is 0 Å². The van der Waals surface area contributed by atoms with Crippen LogP contribution >= 0.6 is 0 Å². The van der Waals surface area contributed by atoms with Gasteiger partial charge in [-0.15, -0.1) is 0 Å². The molecule has 15 heavy (non-hydrogen) atoms. The molecule has 0 unspecified atom stereocenters. The Balaban J connectivity index is 2.63. The van der Waals surface area contributed by atoms with Gasteiger partial charge in [-0.05, 0) is 36.5 Å². The summed E-state index contributed by atoms with van der Waals surface area (Å²) in [7, 11) is 0. The van der Waals surface area contributed by atoms with Gasteiger partial charge in [0.1, 0.15) is 0 Å². The highest BCUT2D eigenvalue weighted by Crippen LogP contribution is 2.45. The highest BCUT2D eigenvalue weighted by molar-refractivity contribution is 4.86. The number of ether oxygens (including phenoxy) is 1. The Kier molecular flexibility index (Phi) is 4.64. The summed E-state index contributed by atoms with van der Waals surface area (Å²) in [6.45, 7) is 11.4. The number of rotatable bonds is 5.